The molecule has 0 aliphatic carbocycles. The second kappa shape index (κ2) is 9.67. The summed E-state index contributed by atoms with van der Waals surface area (Å²) in [6, 6.07) is 18.3. The fraction of sp³-hybridized carbons (Fsp3) is 0.160. The monoisotopic (exact) mass is 428 g/mol. The third-order valence-corrected chi connectivity index (χ3v) is 4.93. The molecule has 7 nitrogen and oxygen atoms in total. The van der Waals surface area contributed by atoms with Crippen molar-refractivity contribution in [1.29, 1.82) is 5.26 Å². The fourth-order valence-electron chi connectivity index (χ4n) is 3.41. The predicted molar refractivity (Wildman–Crippen MR) is 125 cm³/mol. The maximum absolute atomic E-state index is 12.6. The van der Waals surface area contributed by atoms with Gasteiger partial charge in [0.15, 0.2) is 0 Å². The minimum Gasteiger partial charge on any atom is -0.497 e. The highest BCUT2D eigenvalue weighted by atomic mass is 16.5. The van der Waals surface area contributed by atoms with Gasteiger partial charge >= 0.3 is 0 Å². The summed E-state index contributed by atoms with van der Waals surface area (Å²) in [6.07, 6.45) is 1.59. The number of nitrogens with zero attached hydrogens (tertiary/aromatic N) is 2. The van der Waals surface area contributed by atoms with Crippen molar-refractivity contribution in [2.24, 2.45) is 0 Å². The van der Waals surface area contributed by atoms with Gasteiger partial charge in [0.05, 0.1) is 7.11 Å². The summed E-state index contributed by atoms with van der Waals surface area (Å²) in [5, 5.41) is 15.0. The topological polar surface area (TPSA) is 96.2 Å². The number of benzene rings is 2. The number of aryl methyl sites for hydroxylation is 1. The molecule has 0 atom stereocenters. The maximum Gasteiger partial charge on any atom is 0.266 e. The van der Waals surface area contributed by atoms with E-state index in [0.717, 1.165) is 22.6 Å². The van der Waals surface area contributed by atoms with Crippen LogP contribution in [0.1, 0.15) is 23.9 Å². The molecule has 0 spiro atoms. The molecule has 2 aromatic carbocycles. The Morgan fingerprint density at radius 2 is 1.59 bits per heavy atom. The van der Waals surface area contributed by atoms with E-state index in [9.17, 15) is 14.9 Å². The quantitative estimate of drug-likeness (QED) is 0.443. The molecule has 0 aliphatic heterocycles. The molecule has 32 heavy (non-hydrogen) atoms. The molecular weight excluding hydrogens is 404 g/mol. The molecule has 7 heteroatoms. The fourth-order valence-corrected chi connectivity index (χ4v) is 3.41. The number of methoxy groups -OCH3 is 1. The van der Waals surface area contributed by atoms with E-state index in [4.69, 9.17) is 4.74 Å². The van der Waals surface area contributed by atoms with Crippen LogP contribution in [0.25, 0.3) is 11.8 Å². The van der Waals surface area contributed by atoms with Crippen LogP contribution in [0.5, 0.6) is 5.75 Å². The van der Waals surface area contributed by atoms with Crippen LogP contribution in [0.2, 0.25) is 0 Å². The summed E-state index contributed by atoms with van der Waals surface area (Å²) in [7, 11) is 1.57. The smallest absolute Gasteiger partial charge is 0.266 e. The van der Waals surface area contributed by atoms with Crippen LogP contribution in [-0.4, -0.2) is 23.5 Å². The molecule has 0 radical (unpaired) electrons. The van der Waals surface area contributed by atoms with Gasteiger partial charge in [-0.1, -0.05) is 0 Å². The number of ether oxygens (including phenoxy) is 1. The molecule has 0 saturated carbocycles. The minimum absolute atomic E-state index is 0.00192. The Balaban J connectivity index is 1.86. The van der Waals surface area contributed by atoms with Crippen molar-refractivity contribution in [3.63, 3.8) is 0 Å². The Morgan fingerprint density at radius 1 is 1.00 bits per heavy atom. The minimum atomic E-state index is -0.484. The van der Waals surface area contributed by atoms with Crippen molar-refractivity contribution in [3.8, 4) is 17.5 Å². The summed E-state index contributed by atoms with van der Waals surface area (Å²) in [6.45, 7) is 5.34. The van der Waals surface area contributed by atoms with Crippen LogP contribution in [0.3, 0.4) is 0 Å². The van der Waals surface area contributed by atoms with Gasteiger partial charge in [0.25, 0.3) is 5.91 Å². The van der Waals surface area contributed by atoms with Crippen LogP contribution in [0.4, 0.5) is 11.4 Å². The van der Waals surface area contributed by atoms with Gasteiger partial charge in [-0.3, -0.25) is 9.59 Å². The Hall–Kier alpha value is -4.31. The molecule has 0 fully saturated rings. The van der Waals surface area contributed by atoms with E-state index < -0.39 is 5.91 Å². The number of amides is 2. The molecule has 2 N–H and O–H groups in total. The van der Waals surface area contributed by atoms with E-state index in [1.807, 2.05) is 54.8 Å². The third kappa shape index (κ3) is 5.05. The number of nitriles is 1. The molecule has 0 unspecified atom stereocenters. The molecule has 0 aliphatic rings. The Labute approximate surface area is 186 Å². The van der Waals surface area contributed by atoms with Crippen molar-refractivity contribution in [1.82, 2.24) is 4.57 Å². The molecule has 1 heterocycles. The number of hydrogen-bond donors (Lipinski definition) is 2. The van der Waals surface area contributed by atoms with Crippen LogP contribution in [0, 0.1) is 25.2 Å². The second-order valence-electron chi connectivity index (χ2n) is 7.24. The first-order valence-electron chi connectivity index (χ1n) is 9.96. The zero-order valence-corrected chi connectivity index (χ0v) is 18.4. The number of anilines is 2. The summed E-state index contributed by atoms with van der Waals surface area (Å²) in [5.74, 6) is 0.0640. The van der Waals surface area contributed by atoms with Crippen molar-refractivity contribution < 1.29 is 14.3 Å². The maximum atomic E-state index is 12.6. The number of carbonyl (C=O) groups excluding carboxylic acids is 2. The summed E-state index contributed by atoms with van der Waals surface area (Å²) in [5.41, 5.74) is 4.81. The third-order valence-electron chi connectivity index (χ3n) is 4.93. The lowest BCUT2D eigenvalue weighted by molar-refractivity contribution is -0.114. The first-order chi connectivity index (χ1) is 15.3. The molecule has 3 aromatic rings. The number of rotatable bonds is 6. The van der Waals surface area contributed by atoms with Gasteiger partial charge in [0, 0.05) is 35.4 Å². The highest BCUT2D eigenvalue weighted by Crippen LogP contribution is 2.24. The van der Waals surface area contributed by atoms with Crippen LogP contribution >= 0.6 is 0 Å². The van der Waals surface area contributed by atoms with Gasteiger partial charge in [-0.2, -0.15) is 5.26 Å². The van der Waals surface area contributed by atoms with Gasteiger partial charge < -0.3 is 19.9 Å². The van der Waals surface area contributed by atoms with Crippen LogP contribution in [-0.2, 0) is 9.59 Å². The zero-order chi connectivity index (χ0) is 23.3. The predicted octanol–water partition coefficient (Wildman–Crippen LogP) is 4.61. The van der Waals surface area contributed by atoms with E-state index in [2.05, 4.69) is 10.6 Å². The van der Waals surface area contributed by atoms with E-state index in [-0.39, 0.29) is 11.5 Å². The molecule has 0 saturated heterocycles. The van der Waals surface area contributed by atoms with E-state index >= 15 is 0 Å². The lowest BCUT2D eigenvalue weighted by Gasteiger charge is -2.11. The van der Waals surface area contributed by atoms with Crippen molar-refractivity contribution in [2.45, 2.75) is 20.8 Å². The second-order valence-corrected chi connectivity index (χ2v) is 7.24. The van der Waals surface area contributed by atoms with E-state index in [1.54, 1.807) is 37.5 Å². The summed E-state index contributed by atoms with van der Waals surface area (Å²) in [4.78, 5) is 23.8. The lowest BCUT2D eigenvalue weighted by Crippen LogP contribution is -2.13. The first kappa shape index (κ1) is 22.4. The van der Waals surface area contributed by atoms with Gasteiger partial charge in [-0.05, 0) is 80.1 Å². The number of aromatic nitrogens is 1. The van der Waals surface area contributed by atoms with Gasteiger partial charge in [-0.15, -0.1) is 0 Å². The standard InChI is InChI=1S/C25H24N4O3/c1-16-13-19(17(2)29(16)23-9-5-21(6-10-23)27-18(3)30)14-20(15-26)25(31)28-22-7-11-24(32-4)12-8-22/h5-14H,1-4H3,(H,27,30)(H,28,31). The molecule has 0 bridgehead atoms. The van der Waals surface area contributed by atoms with E-state index in [0.29, 0.717) is 17.1 Å². The number of carbonyl (C=O) groups is 2. The SMILES string of the molecule is COc1ccc(NC(=O)C(C#N)=Cc2cc(C)n(-c3ccc(NC(C)=O)cc3)c2C)cc1. The molecular formula is C25H24N4O3. The van der Waals surface area contributed by atoms with Crippen molar-refractivity contribution in [2.75, 3.05) is 17.7 Å². The Morgan fingerprint density at radius 3 is 2.16 bits per heavy atom. The highest BCUT2D eigenvalue weighted by Gasteiger charge is 2.14. The van der Waals surface area contributed by atoms with Gasteiger partial charge in [-0.25, -0.2) is 0 Å². The first-order valence-corrected chi connectivity index (χ1v) is 9.96. The molecule has 2 amide bonds. The average molecular weight is 428 g/mol. The normalized spacial score (nSPS) is 10.9. The van der Waals surface area contributed by atoms with Gasteiger partial charge in [0.2, 0.25) is 5.91 Å². The Bertz CT molecular complexity index is 1210. The van der Waals surface area contributed by atoms with Crippen molar-refractivity contribution >= 4 is 29.3 Å². The summed E-state index contributed by atoms with van der Waals surface area (Å²) < 4.78 is 7.14. The van der Waals surface area contributed by atoms with Crippen LogP contribution < -0.4 is 15.4 Å². The van der Waals surface area contributed by atoms with Crippen LogP contribution in [0.15, 0.2) is 60.2 Å². The number of nitrogens with one attached hydrogen (secondary N) is 2. The summed E-state index contributed by atoms with van der Waals surface area (Å²) >= 11 is 0. The zero-order valence-electron chi connectivity index (χ0n) is 18.4. The lowest BCUT2D eigenvalue weighted by atomic mass is 10.1. The largest absolute Gasteiger partial charge is 0.497 e. The highest BCUT2D eigenvalue weighted by molar-refractivity contribution is 6.09. The molecule has 162 valence electrons. The number of hydrogen-bond acceptors (Lipinski definition) is 4. The van der Waals surface area contributed by atoms with Crippen molar-refractivity contribution in [3.05, 3.63) is 77.1 Å². The van der Waals surface area contributed by atoms with Gasteiger partial charge in [0.1, 0.15) is 17.4 Å². The van der Waals surface area contributed by atoms with E-state index in [1.165, 1.54) is 6.92 Å². The molecule has 3 rings (SSSR count). The molecule has 1 aromatic heterocycles. The Kier molecular flexibility index (Phi) is 6.76. The average Bonchev–Trinajstić information content (AvgIpc) is 3.05.